The van der Waals surface area contributed by atoms with Gasteiger partial charge in [-0.15, -0.1) is 0 Å². The SMILES string of the molecule is Clc1ccc(-c2cc(C3(c4ccccc4)CCN(CCc4ccccc4)CC3)[nH]n2)cc1. The molecule has 0 spiro atoms. The van der Waals surface area contributed by atoms with Gasteiger partial charge in [-0.05, 0) is 61.7 Å². The Balaban J connectivity index is 1.37. The van der Waals surface area contributed by atoms with Gasteiger partial charge in [-0.3, -0.25) is 5.10 Å². The highest BCUT2D eigenvalue weighted by molar-refractivity contribution is 6.30. The lowest BCUT2D eigenvalue weighted by atomic mass is 9.70. The van der Waals surface area contributed by atoms with Gasteiger partial charge in [0.1, 0.15) is 0 Å². The number of aromatic amines is 1. The number of likely N-dealkylation sites (tertiary alicyclic amines) is 1. The zero-order valence-electron chi connectivity index (χ0n) is 18.2. The van der Waals surface area contributed by atoms with Crippen LogP contribution in [-0.2, 0) is 11.8 Å². The molecule has 5 rings (SSSR count). The van der Waals surface area contributed by atoms with Crippen molar-refractivity contribution in [2.24, 2.45) is 0 Å². The van der Waals surface area contributed by atoms with Gasteiger partial charge in [-0.2, -0.15) is 5.10 Å². The van der Waals surface area contributed by atoms with Crippen molar-refractivity contribution in [2.75, 3.05) is 19.6 Å². The minimum Gasteiger partial charge on any atom is -0.303 e. The molecule has 162 valence electrons. The molecule has 1 aliphatic heterocycles. The molecule has 1 N–H and O–H groups in total. The molecule has 0 unspecified atom stereocenters. The van der Waals surface area contributed by atoms with Gasteiger partial charge >= 0.3 is 0 Å². The molecule has 3 aromatic carbocycles. The van der Waals surface area contributed by atoms with Gasteiger partial charge in [0, 0.05) is 28.2 Å². The number of nitrogens with one attached hydrogen (secondary N) is 1. The number of halogens is 1. The zero-order valence-corrected chi connectivity index (χ0v) is 18.9. The summed E-state index contributed by atoms with van der Waals surface area (Å²) in [5, 5.41) is 8.82. The van der Waals surface area contributed by atoms with Gasteiger partial charge in [-0.1, -0.05) is 84.4 Å². The van der Waals surface area contributed by atoms with Crippen molar-refractivity contribution in [1.82, 2.24) is 15.1 Å². The number of hydrogen-bond donors (Lipinski definition) is 1. The first kappa shape index (κ1) is 21.0. The number of aromatic nitrogens is 2. The normalized spacial score (nSPS) is 16.2. The summed E-state index contributed by atoms with van der Waals surface area (Å²) in [5.41, 5.74) is 6.00. The maximum atomic E-state index is 6.07. The fraction of sp³-hybridized carbons (Fsp3) is 0.250. The van der Waals surface area contributed by atoms with E-state index in [1.807, 2.05) is 24.3 Å². The van der Waals surface area contributed by atoms with Crippen molar-refractivity contribution in [3.8, 4) is 11.3 Å². The van der Waals surface area contributed by atoms with E-state index in [0.717, 1.165) is 55.2 Å². The number of benzene rings is 3. The van der Waals surface area contributed by atoms with Crippen LogP contribution in [0.1, 0.15) is 29.7 Å². The Labute approximate surface area is 195 Å². The van der Waals surface area contributed by atoms with Gasteiger partial charge in [-0.25, -0.2) is 0 Å². The van der Waals surface area contributed by atoms with Crippen molar-refractivity contribution in [1.29, 1.82) is 0 Å². The number of rotatable bonds is 6. The summed E-state index contributed by atoms with van der Waals surface area (Å²) in [5.74, 6) is 0. The molecule has 0 atom stereocenters. The lowest BCUT2D eigenvalue weighted by molar-refractivity contribution is 0.178. The Kier molecular flexibility index (Phi) is 6.11. The van der Waals surface area contributed by atoms with Crippen molar-refractivity contribution in [2.45, 2.75) is 24.7 Å². The third-order valence-corrected chi connectivity index (χ3v) is 7.08. The summed E-state index contributed by atoms with van der Waals surface area (Å²) < 4.78 is 0. The molecule has 32 heavy (non-hydrogen) atoms. The van der Waals surface area contributed by atoms with E-state index in [9.17, 15) is 0 Å². The van der Waals surface area contributed by atoms with Gasteiger partial charge < -0.3 is 4.90 Å². The van der Waals surface area contributed by atoms with E-state index in [1.54, 1.807) is 0 Å². The molecular formula is C28H28ClN3. The summed E-state index contributed by atoms with van der Waals surface area (Å²) in [4.78, 5) is 2.60. The first-order chi connectivity index (χ1) is 15.7. The second-order valence-corrected chi connectivity index (χ2v) is 9.14. The van der Waals surface area contributed by atoms with Gasteiger partial charge in [0.2, 0.25) is 0 Å². The second kappa shape index (κ2) is 9.32. The maximum Gasteiger partial charge on any atom is 0.0923 e. The van der Waals surface area contributed by atoms with Crippen LogP contribution in [0.15, 0.2) is 91.0 Å². The number of hydrogen-bond acceptors (Lipinski definition) is 2. The van der Waals surface area contributed by atoms with Crippen molar-refractivity contribution >= 4 is 11.6 Å². The minimum atomic E-state index is -0.0395. The van der Waals surface area contributed by atoms with Crippen LogP contribution in [0.25, 0.3) is 11.3 Å². The van der Waals surface area contributed by atoms with Gasteiger partial charge in [0.25, 0.3) is 0 Å². The van der Waals surface area contributed by atoms with Crippen LogP contribution < -0.4 is 0 Å². The van der Waals surface area contributed by atoms with Crippen LogP contribution in [-0.4, -0.2) is 34.7 Å². The largest absolute Gasteiger partial charge is 0.303 e. The molecule has 1 saturated heterocycles. The number of piperidine rings is 1. The van der Waals surface area contributed by atoms with Crippen LogP contribution in [0, 0.1) is 0 Å². The molecule has 4 aromatic rings. The predicted molar refractivity (Wildman–Crippen MR) is 132 cm³/mol. The molecular weight excluding hydrogens is 414 g/mol. The fourth-order valence-corrected chi connectivity index (χ4v) is 5.02. The quantitative estimate of drug-likeness (QED) is 0.377. The Morgan fingerprint density at radius 3 is 2.19 bits per heavy atom. The van der Waals surface area contributed by atoms with Crippen LogP contribution in [0.5, 0.6) is 0 Å². The minimum absolute atomic E-state index is 0.0395. The molecule has 2 heterocycles. The predicted octanol–water partition coefficient (Wildman–Crippen LogP) is 6.35. The smallest absolute Gasteiger partial charge is 0.0923 e. The average molecular weight is 442 g/mol. The van der Waals surface area contributed by atoms with Gasteiger partial charge in [0.15, 0.2) is 0 Å². The molecule has 1 fully saturated rings. The van der Waals surface area contributed by atoms with Crippen LogP contribution in [0.2, 0.25) is 5.02 Å². The third kappa shape index (κ3) is 4.36. The van der Waals surface area contributed by atoms with Crippen molar-refractivity contribution in [3.63, 3.8) is 0 Å². The number of H-pyrrole nitrogens is 1. The van der Waals surface area contributed by atoms with E-state index < -0.39 is 0 Å². The highest BCUT2D eigenvalue weighted by Crippen LogP contribution is 2.41. The Hall–Kier alpha value is -2.88. The summed E-state index contributed by atoms with van der Waals surface area (Å²) >= 11 is 6.07. The maximum absolute atomic E-state index is 6.07. The van der Waals surface area contributed by atoms with Crippen LogP contribution in [0.4, 0.5) is 0 Å². The van der Waals surface area contributed by atoms with Crippen LogP contribution >= 0.6 is 11.6 Å². The molecule has 0 amide bonds. The average Bonchev–Trinajstić information content (AvgIpc) is 3.36. The molecule has 0 aliphatic carbocycles. The van der Waals surface area contributed by atoms with Crippen molar-refractivity contribution < 1.29 is 0 Å². The first-order valence-electron chi connectivity index (χ1n) is 11.4. The molecule has 3 nitrogen and oxygen atoms in total. The second-order valence-electron chi connectivity index (χ2n) is 8.70. The van der Waals surface area contributed by atoms with Crippen LogP contribution in [0.3, 0.4) is 0 Å². The van der Waals surface area contributed by atoms with E-state index in [-0.39, 0.29) is 5.41 Å². The molecule has 4 heteroatoms. The summed E-state index contributed by atoms with van der Waals surface area (Å²) in [6, 6.07) is 31.8. The highest BCUT2D eigenvalue weighted by atomic mass is 35.5. The molecule has 1 aromatic heterocycles. The topological polar surface area (TPSA) is 31.9 Å². The van der Waals surface area contributed by atoms with Crippen molar-refractivity contribution in [3.05, 3.63) is 113 Å². The zero-order chi connectivity index (χ0) is 21.8. The van der Waals surface area contributed by atoms with E-state index in [1.165, 1.54) is 16.8 Å². The molecule has 0 bridgehead atoms. The fourth-order valence-electron chi connectivity index (χ4n) is 4.90. The van der Waals surface area contributed by atoms with E-state index in [2.05, 4.69) is 81.8 Å². The summed E-state index contributed by atoms with van der Waals surface area (Å²) in [6.45, 7) is 3.27. The summed E-state index contributed by atoms with van der Waals surface area (Å²) in [6.07, 6.45) is 3.26. The lowest BCUT2D eigenvalue weighted by Gasteiger charge is -2.41. The first-order valence-corrected chi connectivity index (χ1v) is 11.7. The number of nitrogens with zero attached hydrogens (tertiary/aromatic N) is 2. The Morgan fingerprint density at radius 1 is 0.844 bits per heavy atom. The van der Waals surface area contributed by atoms with E-state index in [0.29, 0.717) is 0 Å². The van der Waals surface area contributed by atoms with E-state index >= 15 is 0 Å². The Bertz CT molecular complexity index is 1130. The van der Waals surface area contributed by atoms with E-state index in [4.69, 9.17) is 11.6 Å². The lowest BCUT2D eigenvalue weighted by Crippen LogP contribution is -2.44. The third-order valence-electron chi connectivity index (χ3n) is 6.83. The summed E-state index contributed by atoms with van der Waals surface area (Å²) in [7, 11) is 0. The highest BCUT2D eigenvalue weighted by Gasteiger charge is 2.39. The molecule has 0 saturated carbocycles. The standard InChI is InChI=1S/C28H28ClN3/c29-25-13-11-23(12-14-25)26-21-27(31-30-26)28(24-9-5-2-6-10-24)16-19-32(20-17-28)18-15-22-7-3-1-4-8-22/h1-14,21H,15-20H2,(H,30,31). The Morgan fingerprint density at radius 2 is 1.50 bits per heavy atom. The molecule has 1 aliphatic rings. The monoisotopic (exact) mass is 441 g/mol. The van der Waals surface area contributed by atoms with Gasteiger partial charge in [0.05, 0.1) is 5.69 Å². The molecule has 0 radical (unpaired) electrons.